The summed E-state index contributed by atoms with van der Waals surface area (Å²) in [5.41, 5.74) is 0.359. The summed E-state index contributed by atoms with van der Waals surface area (Å²) in [5, 5.41) is 0.855. The molecule has 32 heavy (non-hydrogen) atoms. The molecular weight excluding hydrogens is 457 g/mol. The molecule has 0 aliphatic rings. The van der Waals surface area contributed by atoms with E-state index >= 15 is 0 Å². The summed E-state index contributed by atoms with van der Waals surface area (Å²) in [6, 6.07) is 11.7. The molecule has 1 aromatic heterocycles. The molecule has 0 aliphatic carbocycles. The van der Waals surface area contributed by atoms with Gasteiger partial charge >= 0.3 is 12.1 Å². The fraction of sp³-hybridized carbons (Fsp3) is 0.375. The maximum Gasteiger partial charge on any atom is 0.416 e. The first-order chi connectivity index (χ1) is 15.3. The lowest BCUT2D eigenvalue weighted by atomic mass is 10.1. The van der Waals surface area contributed by atoms with Crippen molar-refractivity contribution >= 4 is 39.2 Å². The highest BCUT2D eigenvalue weighted by Crippen LogP contribution is 2.35. The van der Waals surface area contributed by atoms with Gasteiger partial charge in [-0.1, -0.05) is 19.9 Å². The quantitative estimate of drug-likeness (QED) is 0.128. The number of hydrogen-bond donors (Lipinski definition) is 0. The van der Waals surface area contributed by atoms with Crippen LogP contribution >= 0.6 is 23.1 Å². The van der Waals surface area contributed by atoms with Gasteiger partial charge in [0.25, 0.3) is 0 Å². The van der Waals surface area contributed by atoms with Gasteiger partial charge in [0.2, 0.25) is 0 Å². The molecule has 0 amide bonds. The van der Waals surface area contributed by atoms with Gasteiger partial charge in [0.05, 0.1) is 5.56 Å². The fourth-order valence-corrected chi connectivity index (χ4v) is 5.22. The number of thiophene rings is 1. The Labute approximate surface area is 193 Å². The molecule has 2 aromatic carbocycles. The Balaban J connectivity index is 1.52. The number of rotatable bonds is 10. The van der Waals surface area contributed by atoms with Crippen molar-refractivity contribution in [2.24, 2.45) is 0 Å². The van der Waals surface area contributed by atoms with Crippen LogP contribution in [-0.4, -0.2) is 11.7 Å². The van der Waals surface area contributed by atoms with Gasteiger partial charge in [-0.2, -0.15) is 13.2 Å². The molecule has 0 unspecified atom stereocenters. The van der Waals surface area contributed by atoms with E-state index < -0.39 is 11.7 Å². The van der Waals surface area contributed by atoms with Crippen LogP contribution in [0, 0.1) is 0 Å². The molecule has 0 fully saturated rings. The molecular formula is C24H25F3O3S2. The Morgan fingerprint density at radius 2 is 1.91 bits per heavy atom. The van der Waals surface area contributed by atoms with Gasteiger partial charge in [-0.25, -0.2) is 4.79 Å². The summed E-state index contributed by atoms with van der Waals surface area (Å²) in [5.74, 6) is 1.05. The van der Waals surface area contributed by atoms with Crippen molar-refractivity contribution in [3.05, 3.63) is 58.5 Å². The van der Waals surface area contributed by atoms with E-state index in [1.807, 2.05) is 38.1 Å². The zero-order valence-corrected chi connectivity index (χ0v) is 19.6. The van der Waals surface area contributed by atoms with E-state index in [-0.39, 0.29) is 5.97 Å². The van der Waals surface area contributed by atoms with Crippen molar-refractivity contribution in [1.82, 2.24) is 0 Å². The maximum atomic E-state index is 12.9. The molecule has 0 saturated carbocycles. The van der Waals surface area contributed by atoms with E-state index in [1.54, 1.807) is 17.8 Å². The third-order valence-corrected chi connectivity index (χ3v) is 7.06. The molecule has 0 radical (unpaired) electrons. The first-order valence-electron chi connectivity index (χ1n) is 10.5. The molecule has 0 N–H and O–H groups in total. The minimum absolute atomic E-state index is 0.318. The van der Waals surface area contributed by atoms with Crippen LogP contribution in [0.3, 0.4) is 0 Å². The summed E-state index contributed by atoms with van der Waals surface area (Å²) >= 11 is 3.14. The highest BCUT2D eigenvalue weighted by atomic mass is 32.2. The second kappa shape index (κ2) is 11.1. The zero-order valence-electron chi connectivity index (χ0n) is 18.0. The van der Waals surface area contributed by atoms with Gasteiger partial charge < -0.3 is 0 Å². The van der Waals surface area contributed by atoms with Crippen molar-refractivity contribution in [3.63, 3.8) is 0 Å². The number of aryl methyl sites for hydroxylation is 2. The van der Waals surface area contributed by atoms with E-state index in [0.717, 1.165) is 51.8 Å². The normalized spacial score (nSPS) is 11.7. The Hall–Kier alpha value is -2.19. The summed E-state index contributed by atoms with van der Waals surface area (Å²) in [4.78, 5) is 23.7. The standard InChI is InChI=1S/C24H25F3O3S2/c1-3-6-23(28)30-29-21-11-10-19(13-16(21)4-2)31-12-5-7-20-14-17-8-9-18(24(25,26)27)15-22(17)32-20/h8-11,13-15H,3-7,12H2,1-2H3. The van der Waals surface area contributed by atoms with E-state index in [2.05, 4.69) is 0 Å². The Bertz CT molecular complexity index is 1060. The Kier molecular flexibility index (Phi) is 8.48. The summed E-state index contributed by atoms with van der Waals surface area (Å²) in [6.07, 6.45) is -0.811. The Morgan fingerprint density at radius 3 is 2.62 bits per heavy atom. The highest BCUT2D eigenvalue weighted by molar-refractivity contribution is 7.99. The fourth-order valence-electron chi connectivity index (χ4n) is 3.16. The zero-order chi connectivity index (χ0) is 23.1. The lowest BCUT2D eigenvalue weighted by Crippen LogP contribution is -2.08. The van der Waals surface area contributed by atoms with Crippen LogP contribution in [0.2, 0.25) is 0 Å². The molecule has 0 atom stereocenters. The number of halogens is 3. The minimum Gasteiger partial charge on any atom is -0.287 e. The Morgan fingerprint density at radius 1 is 1.09 bits per heavy atom. The maximum absolute atomic E-state index is 12.9. The molecule has 3 nitrogen and oxygen atoms in total. The van der Waals surface area contributed by atoms with Gasteiger partial charge in [-0.15, -0.1) is 23.1 Å². The van der Waals surface area contributed by atoms with Crippen molar-refractivity contribution in [3.8, 4) is 5.75 Å². The van der Waals surface area contributed by atoms with Gasteiger partial charge in [0.15, 0.2) is 5.75 Å². The lowest BCUT2D eigenvalue weighted by Gasteiger charge is -2.10. The van der Waals surface area contributed by atoms with Crippen LogP contribution in [0.25, 0.3) is 10.1 Å². The number of carbonyl (C=O) groups excluding carboxylic acids is 1. The summed E-state index contributed by atoms with van der Waals surface area (Å²) in [6.45, 7) is 3.91. The molecule has 172 valence electrons. The average molecular weight is 483 g/mol. The van der Waals surface area contributed by atoms with Gasteiger partial charge in [-0.05, 0) is 73.2 Å². The summed E-state index contributed by atoms with van der Waals surface area (Å²) < 4.78 is 39.4. The third kappa shape index (κ3) is 6.65. The van der Waals surface area contributed by atoms with Gasteiger partial charge in [0.1, 0.15) is 0 Å². The van der Waals surface area contributed by atoms with E-state index in [1.165, 1.54) is 17.4 Å². The van der Waals surface area contributed by atoms with Crippen LogP contribution in [0.5, 0.6) is 5.75 Å². The predicted molar refractivity (Wildman–Crippen MR) is 123 cm³/mol. The smallest absolute Gasteiger partial charge is 0.287 e. The first-order valence-corrected chi connectivity index (χ1v) is 12.3. The van der Waals surface area contributed by atoms with Crippen molar-refractivity contribution in [2.75, 3.05) is 5.75 Å². The highest BCUT2D eigenvalue weighted by Gasteiger charge is 2.30. The monoisotopic (exact) mass is 482 g/mol. The number of thioether (sulfide) groups is 1. The second-order valence-electron chi connectivity index (χ2n) is 7.33. The molecule has 0 aliphatic heterocycles. The molecule has 3 aromatic rings. The molecule has 1 heterocycles. The van der Waals surface area contributed by atoms with Crippen molar-refractivity contribution in [2.45, 2.75) is 57.0 Å². The van der Waals surface area contributed by atoms with Gasteiger partial charge in [-0.3, -0.25) is 9.78 Å². The molecule has 8 heteroatoms. The number of benzene rings is 2. The summed E-state index contributed by atoms with van der Waals surface area (Å²) in [7, 11) is 0. The largest absolute Gasteiger partial charge is 0.416 e. The number of hydrogen-bond acceptors (Lipinski definition) is 5. The first kappa shape index (κ1) is 24.5. The van der Waals surface area contributed by atoms with Crippen LogP contribution in [0.1, 0.15) is 49.1 Å². The third-order valence-electron chi connectivity index (χ3n) is 4.83. The van der Waals surface area contributed by atoms with Crippen LogP contribution < -0.4 is 4.89 Å². The van der Waals surface area contributed by atoms with E-state index in [9.17, 15) is 18.0 Å². The van der Waals surface area contributed by atoms with Gasteiger partial charge in [0, 0.05) is 26.5 Å². The SMILES string of the molecule is CCCC(=O)OOc1ccc(SCCCc2cc3ccc(C(F)(F)F)cc3s2)cc1CC. The van der Waals surface area contributed by atoms with Crippen LogP contribution in [0.4, 0.5) is 13.2 Å². The molecule has 3 rings (SSSR count). The van der Waals surface area contributed by atoms with Crippen molar-refractivity contribution in [1.29, 1.82) is 0 Å². The van der Waals surface area contributed by atoms with E-state index in [4.69, 9.17) is 9.78 Å². The lowest BCUT2D eigenvalue weighted by molar-refractivity contribution is -0.214. The molecule has 0 spiro atoms. The van der Waals surface area contributed by atoms with E-state index in [0.29, 0.717) is 23.3 Å². The predicted octanol–water partition coefficient (Wildman–Crippen LogP) is 7.84. The molecule has 0 saturated heterocycles. The minimum atomic E-state index is -4.32. The number of alkyl halides is 3. The van der Waals surface area contributed by atoms with Crippen LogP contribution in [-0.2, 0) is 28.7 Å². The van der Waals surface area contributed by atoms with Crippen molar-refractivity contribution < 1.29 is 27.7 Å². The second-order valence-corrected chi connectivity index (χ2v) is 9.66. The molecule has 0 bridgehead atoms. The number of carbonyl (C=O) groups is 1. The number of fused-ring (bicyclic) bond motifs is 1. The van der Waals surface area contributed by atoms with Crippen LogP contribution in [0.15, 0.2) is 47.4 Å². The average Bonchev–Trinajstić information content (AvgIpc) is 3.17. The topological polar surface area (TPSA) is 35.5 Å².